The van der Waals surface area contributed by atoms with E-state index in [9.17, 15) is 9.59 Å². The molecule has 5 nitrogen and oxygen atoms in total. The first-order valence-electron chi connectivity index (χ1n) is 9.38. The number of unbranched alkanes of at least 4 members (excludes halogenated alkanes) is 8. The molecule has 0 radical (unpaired) electrons. The zero-order valence-corrected chi connectivity index (χ0v) is 15.0. The average molecular weight is 344 g/mol. The molecule has 0 bridgehead atoms. The molecule has 0 aliphatic carbocycles. The summed E-state index contributed by atoms with van der Waals surface area (Å²) in [5, 5.41) is 9.33. The van der Waals surface area contributed by atoms with Crippen LogP contribution in [0.25, 0.3) is 10.9 Å². The van der Waals surface area contributed by atoms with Crippen LogP contribution in [-0.2, 0) is 6.42 Å². The summed E-state index contributed by atoms with van der Waals surface area (Å²) in [6.45, 7) is 2.23. The summed E-state index contributed by atoms with van der Waals surface area (Å²) in [6.07, 6.45) is 12.1. The van der Waals surface area contributed by atoms with Crippen LogP contribution in [-0.4, -0.2) is 21.0 Å². The van der Waals surface area contributed by atoms with E-state index in [-0.39, 0.29) is 11.1 Å². The summed E-state index contributed by atoms with van der Waals surface area (Å²) in [7, 11) is 0. The van der Waals surface area contributed by atoms with Crippen LogP contribution in [0.15, 0.2) is 23.0 Å². The topological polar surface area (TPSA) is 83.0 Å². The number of aromatic nitrogens is 2. The van der Waals surface area contributed by atoms with Gasteiger partial charge in [0.05, 0.1) is 16.5 Å². The lowest BCUT2D eigenvalue weighted by molar-refractivity contribution is 0.0697. The van der Waals surface area contributed by atoms with Crippen LogP contribution in [0.5, 0.6) is 0 Å². The van der Waals surface area contributed by atoms with Crippen molar-refractivity contribution in [2.24, 2.45) is 0 Å². The van der Waals surface area contributed by atoms with Crippen LogP contribution in [0.4, 0.5) is 0 Å². The zero-order valence-electron chi connectivity index (χ0n) is 15.0. The molecule has 25 heavy (non-hydrogen) atoms. The maximum atomic E-state index is 12.1. The maximum absolute atomic E-state index is 12.1. The van der Waals surface area contributed by atoms with Crippen molar-refractivity contribution >= 4 is 16.9 Å². The first kappa shape index (κ1) is 19.2. The van der Waals surface area contributed by atoms with Gasteiger partial charge >= 0.3 is 5.97 Å². The molecule has 2 N–H and O–H groups in total. The fraction of sp³-hybridized carbons (Fsp3) is 0.550. The highest BCUT2D eigenvalue weighted by molar-refractivity contribution is 5.92. The highest BCUT2D eigenvalue weighted by Crippen LogP contribution is 2.13. The molecule has 2 aromatic rings. The summed E-state index contributed by atoms with van der Waals surface area (Å²) in [5.41, 5.74) is 0.394. The maximum Gasteiger partial charge on any atom is 0.335 e. The van der Waals surface area contributed by atoms with Crippen LogP contribution in [0, 0.1) is 0 Å². The monoisotopic (exact) mass is 344 g/mol. The summed E-state index contributed by atoms with van der Waals surface area (Å²) in [4.78, 5) is 30.4. The Morgan fingerprint density at radius 2 is 1.68 bits per heavy atom. The minimum atomic E-state index is -1.04. The molecule has 0 unspecified atom stereocenters. The molecular weight excluding hydrogens is 316 g/mol. The number of nitrogens with zero attached hydrogens (tertiary/aromatic N) is 1. The van der Waals surface area contributed by atoms with Crippen molar-refractivity contribution in [3.8, 4) is 0 Å². The fourth-order valence-corrected chi connectivity index (χ4v) is 3.04. The second-order valence-electron chi connectivity index (χ2n) is 6.63. The smallest absolute Gasteiger partial charge is 0.335 e. The number of aryl methyl sites for hydroxylation is 1. The third-order valence-electron chi connectivity index (χ3n) is 4.52. The number of carbonyl (C=O) groups is 1. The molecule has 0 saturated carbocycles. The molecule has 0 aliphatic heterocycles. The van der Waals surface area contributed by atoms with Gasteiger partial charge in [-0.3, -0.25) is 4.79 Å². The molecule has 0 saturated heterocycles. The van der Waals surface area contributed by atoms with Crippen LogP contribution in [0.3, 0.4) is 0 Å². The zero-order chi connectivity index (χ0) is 18.1. The lowest BCUT2D eigenvalue weighted by atomic mass is 10.1. The molecule has 136 valence electrons. The number of hydrogen-bond donors (Lipinski definition) is 2. The van der Waals surface area contributed by atoms with E-state index < -0.39 is 5.97 Å². The number of rotatable bonds is 11. The highest BCUT2D eigenvalue weighted by Gasteiger charge is 2.08. The number of aromatic amines is 1. The average Bonchev–Trinajstić information content (AvgIpc) is 2.60. The fourth-order valence-electron chi connectivity index (χ4n) is 3.04. The number of nitrogens with one attached hydrogen (secondary N) is 1. The number of aromatic carboxylic acids is 1. The highest BCUT2D eigenvalue weighted by atomic mass is 16.4. The predicted molar refractivity (Wildman–Crippen MR) is 100 cm³/mol. The van der Waals surface area contributed by atoms with Gasteiger partial charge in [-0.05, 0) is 24.6 Å². The van der Waals surface area contributed by atoms with E-state index in [1.54, 1.807) is 6.07 Å². The van der Waals surface area contributed by atoms with Crippen molar-refractivity contribution in [2.45, 2.75) is 71.1 Å². The van der Waals surface area contributed by atoms with Gasteiger partial charge in [-0.25, -0.2) is 9.78 Å². The first-order valence-corrected chi connectivity index (χ1v) is 9.38. The molecule has 5 heteroatoms. The standard InChI is InChI=1S/C20H28N2O3/c1-2-3-4-5-6-7-8-9-10-11-18-21-17-13-12-15(20(24)25)14-16(17)19(23)22-18/h12-14H,2-11H2,1H3,(H,24,25)(H,21,22,23). The normalized spacial score (nSPS) is 11.1. The van der Waals surface area contributed by atoms with E-state index in [2.05, 4.69) is 16.9 Å². The van der Waals surface area contributed by atoms with Crippen molar-refractivity contribution in [2.75, 3.05) is 0 Å². The number of hydrogen-bond acceptors (Lipinski definition) is 3. The number of carboxylic acid groups (broad SMARTS) is 1. The molecule has 0 atom stereocenters. The molecule has 0 aliphatic rings. The number of fused-ring (bicyclic) bond motifs is 1. The van der Waals surface area contributed by atoms with Gasteiger partial charge in [-0.1, -0.05) is 58.3 Å². The second-order valence-corrected chi connectivity index (χ2v) is 6.63. The van der Waals surface area contributed by atoms with Gasteiger partial charge in [-0.15, -0.1) is 0 Å². The Hall–Kier alpha value is -2.17. The van der Waals surface area contributed by atoms with Gasteiger partial charge in [0, 0.05) is 6.42 Å². The number of H-pyrrole nitrogens is 1. The van der Waals surface area contributed by atoms with Crippen LogP contribution >= 0.6 is 0 Å². The minimum Gasteiger partial charge on any atom is -0.478 e. The van der Waals surface area contributed by atoms with E-state index in [1.165, 1.54) is 57.1 Å². The lowest BCUT2D eigenvalue weighted by Gasteiger charge is -2.04. The Kier molecular flexibility index (Phi) is 7.64. The molecule has 0 fully saturated rings. The lowest BCUT2D eigenvalue weighted by Crippen LogP contribution is -2.12. The SMILES string of the molecule is CCCCCCCCCCCc1nc2ccc(C(=O)O)cc2c(=O)[nH]1. The van der Waals surface area contributed by atoms with Gasteiger partial charge < -0.3 is 10.1 Å². The quantitative estimate of drug-likeness (QED) is 0.579. The minimum absolute atomic E-state index is 0.103. The van der Waals surface area contributed by atoms with Crippen molar-refractivity contribution in [3.05, 3.63) is 39.9 Å². The van der Waals surface area contributed by atoms with Crippen LogP contribution < -0.4 is 5.56 Å². The van der Waals surface area contributed by atoms with E-state index in [4.69, 9.17) is 5.11 Å². The Bertz CT molecular complexity index is 752. The summed E-state index contributed by atoms with van der Waals surface area (Å²) in [6, 6.07) is 4.47. The summed E-state index contributed by atoms with van der Waals surface area (Å²) < 4.78 is 0. The van der Waals surface area contributed by atoms with E-state index in [0.717, 1.165) is 19.3 Å². The third-order valence-corrected chi connectivity index (χ3v) is 4.52. The van der Waals surface area contributed by atoms with Crippen LogP contribution in [0.2, 0.25) is 0 Å². The summed E-state index contributed by atoms with van der Waals surface area (Å²) in [5.74, 6) is -0.358. The van der Waals surface area contributed by atoms with Gasteiger partial charge in [0.1, 0.15) is 5.82 Å². The summed E-state index contributed by atoms with van der Waals surface area (Å²) >= 11 is 0. The Morgan fingerprint density at radius 1 is 1.04 bits per heavy atom. The molecular formula is C20H28N2O3. The van der Waals surface area contributed by atoms with Crippen molar-refractivity contribution in [3.63, 3.8) is 0 Å². The Balaban J connectivity index is 1.81. The molecule has 2 rings (SSSR count). The predicted octanol–water partition coefficient (Wildman–Crippen LogP) is 4.69. The van der Waals surface area contributed by atoms with Crippen molar-refractivity contribution < 1.29 is 9.90 Å². The van der Waals surface area contributed by atoms with E-state index in [0.29, 0.717) is 16.7 Å². The molecule has 1 aromatic carbocycles. The second kappa shape index (κ2) is 9.97. The Labute approximate surface area is 148 Å². The van der Waals surface area contributed by atoms with Gasteiger partial charge in [-0.2, -0.15) is 0 Å². The first-order chi connectivity index (χ1) is 12.1. The van der Waals surface area contributed by atoms with Crippen molar-refractivity contribution in [1.82, 2.24) is 9.97 Å². The van der Waals surface area contributed by atoms with Crippen LogP contribution in [0.1, 0.15) is 80.9 Å². The number of benzene rings is 1. The third kappa shape index (κ3) is 6.00. The largest absolute Gasteiger partial charge is 0.478 e. The van der Waals surface area contributed by atoms with Gasteiger partial charge in [0.15, 0.2) is 0 Å². The van der Waals surface area contributed by atoms with Crippen molar-refractivity contribution in [1.29, 1.82) is 0 Å². The molecule has 1 heterocycles. The van der Waals surface area contributed by atoms with Gasteiger partial charge in [0.2, 0.25) is 0 Å². The van der Waals surface area contributed by atoms with E-state index in [1.807, 2.05) is 0 Å². The molecule has 0 spiro atoms. The number of carboxylic acids is 1. The molecule has 1 aromatic heterocycles. The Morgan fingerprint density at radius 3 is 2.32 bits per heavy atom. The van der Waals surface area contributed by atoms with E-state index >= 15 is 0 Å². The molecule has 0 amide bonds. The van der Waals surface area contributed by atoms with Gasteiger partial charge in [0.25, 0.3) is 5.56 Å².